The number of benzene rings is 2. The highest BCUT2D eigenvalue weighted by Crippen LogP contribution is 2.32. The maximum absolute atomic E-state index is 14.3. The number of nitrogens with one attached hydrogen (secondary N) is 2. The predicted octanol–water partition coefficient (Wildman–Crippen LogP) is 4.74. The molecule has 0 spiro atoms. The molecule has 0 saturated heterocycles. The Morgan fingerprint density at radius 2 is 2.07 bits per heavy atom. The van der Waals surface area contributed by atoms with Crippen LogP contribution in [-0.4, -0.2) is 23.3 Å². The van der Waals surface area contributed by atoms with E-state index in [9.17, 15) is 9.18 Å². The van der Waals surface area contributed by atoms with Gasteiger partial charge in [0.1, 0.15) is 12.1 Å². The third-order valence-corrected chi connectivity index (χ3v) is 5.16. The van der Waals surface area contributed by atoms with Crippen molar-refractivity contribution >= 4 is 29.4 Å². The molecule has 1 aliphatic rings. The van der Waals surface area contributed by atoms with Crippen molar-refractivity contribution in [1.29, 1.82) is 0 Å². The Morgan fingerprint density at radius 1 is 1.27 bits per heavy atom. The summed E-state index contributed by atoms with van der Waals surface area (Å²) >= 11 is 1.34. The third kappa shape index (κ3) is 4.88. The van der Waals surface area contributed by atoms with Crippen molar-refractivity contribution in [2.75, 3.05) is 6.54 Å². The smallest absolute Gasteiger partial charge is 0.287 e. The number of halogens is 1. The number of aromatic nitrogens is 1. The predicted molar refractivity (Wildman–Crippen MR) is 116 cm³/mol. The van der Waals surface area contributed by atoms with E-state index in [-0.39, 0.29) is 24.1 Å². The lowest BCUT2D eigenvalue weighted by Crippen LogP contribution is -2.40. The number of hydrogen-bond donors (Lipinski definition) is 2. The second-order valence-corrected chi connectivity index (χ2v) is 7.14. The van der Waals surface area contributed by atoms with E-state index in [4.69, 9.17) is 4.42 Å². The number of amidine groups is 1. The molecule has 2 N–H and O–H groups in total. The summed E-state index contributed by atoms with van der Waals surface area (Å²) in [5, 5.41) is 2.80. The molecule has 1 aromatic heterocycles. The van der Waals surface area contributed by atoms with Gasteiger partial charge in [-0.2, -0.15) is 0 Å². The summed E-state index contributed by atoms with van der Waals surface area (Å²) in [6.45, 7) is 6.12. The van der Waals surface area contributed by atoms with Crippen LogP contribution in [0.3, 0.4) is 0 Å². The summed E-state index contributed by atoms with van der Waals surface area (Å²) < 4.78 is 22.6. The summed E-state index contributed by atoms with van der Waals surface area (Å²) in [6.07, 6.45) is 2.92. The minimum absolute atomic E-state index is 0.117. The lowest BCUT2D eigenvalue weighted by molar-refractivity contribution is -0.115. The van der Waals surface area contributed by atoms with Crippen LogP contribution in [0.15, 0.2) is 69.2 Å². The molecule has 1 aliphatic heterocycles. The molecule has 30 heavy (non-hydrogen) atoms. The highest BCUT2D eigenvalue weighted by molar-refractivity contribution is 7.98. The molecule has 0 saturated carbocycles. The zero-order chi connectivity index (χ0) is 21.5. The first-order valence-corrected chi connectivity index (χ1v) is 10.5. The SMILES string of the molecule is CC.Cc1ccc2c(c1)SNC(C(=O)NCC(c1ncco1)c1ccccc1F)=N2. The molecule has 6 nitrogen and oxygen atoms in total. The van der Waals surface area contributed by atoms with E-state index in [1.54, 1.807) is 18.2 Å². The molecule has 2 aromatic carbocycles. The van der Waals surface area contributed by atoms with Crippen molar-refractivity contribution in [3.05, 3.63) is 77.8 Å². The zero-order valence-corrected chi connectivity index (χ0v) is 17.8. The average Bonchev–Trinajstić information content (AvgIpc) is 3.30. The quantitative estimate of drug-likeness (QED) is 0.576. The number of carbonyl (C=O) groups is 1. The fourth-order valence-corrected chi connectivity index (χ4v) is 3.72. The van der Waals surface area contributed by atoms with Crippen LogP contribution >= 0.6 is 11.9 Å². The van der Waals surface area contributed by atoms with Crippen molar-refractivity contribution in [2.24, 2.45) is 4.99 Å². The lowest BCUT2D eigenvalue weighted by atomic mass is 9.98. The molecular formula is C22H23FN4O2S. The Hall–Kier alpha value is -3.13. The van der Waals surface area contributed by atoms with Crippen molar-refractivity contribution in [3.8, 4) is 0 Å². The van der Waals surface area contributed by atoms with Crippen molar-refractivity contribution < 1.29 is 13.6 Å². The molecule has 0 radical (unpaired) electrons. The normalized spacial score (nSPS) is 13.1. The van der Waals surface area contributed by atoms with E-state index in [0.717, 1.165) is 16.1 Å². The van der Waals surface area contributed by atoms with Crippen LogP contribution in [0, 0.1) is 12.7 Å². The van der Waals surface area contributed by atoms with E-state index >= 15 is 0 Å². The van der Waals surface area contributed by atoms with Gasteiger partial charge in [0.15, 0.2) is 0 Å². The van der Waals surface area contributed by atoms with Gasteiger partial charge in [0.25, 0.3) is 5.91 Å². The second-order valence-electron chi connectivity index (χ2n) is 6.29. The van der Waals surface area contributed by atoms with Crippen LogP contribution < -0.4 is 10.0 Å². The maximum Gasteiger partial charge on any atom is 0.287 e. The minimum Gasteiger partial charge on any atom is -0.448 e. The molecule has 0 bridgehead atoms. The van der Waals surface area contributed by atoms with Crippen LogP contribution in [0.1, 0.15) is 36.8 Å². The highest BCUT2D eigenvalue weighted by Gasteiger charge is 2.24. The van der Waals surface area contributed by atoms with Gasteiger partial charge in [0.05, 0.1) is 22.7 Å². The van der Waals surface area contributed by atoms with Gasteiger partial charge in [-0.15, -0.1) is 0 Å². The number of aryl methyl sites for hydroxylation is 1. The Bertz CT molecular complexity index is 1040. The lowest BCUT2D eigenvalue weighted by Gasteiger charge is -2.19. The van der Waals surface area contributed by atoms with Gasteiger partial charge < -0.3 is 14.5 Å². The molecule has 2 heterocycles. The van der Waals surface area contributed by atoms with E-state index in [1.807, 2.05) is 39.0 Å². The summed E-state index contributed by atoms with van der Waals surface area (Å²) in [4.78, 5) is 22.1. The van der Waals surface area contributed by atoms with Gasteiger partial charge in [-0.25, -0.2) is 14.4 Å². The van der Waals surface area contributed by atoms with Gasteiger partial charge >= 0.3 is 0 Å². The number of fused-ring (bicyclic) bond motifs is 1. The van der Waals surface area contributed by atoms with E-state index in [0.29, 0.717) is 11.5 Å². The molecular weight excluding hydrogens is 403 g/mol. The molecule has 1 unspecified atom stereocenters. The van der Waals surface area contributed by atoms with Crippen LogP contribution in [-0.2, 0) is 4.79 Å². The summed E-state index contributed by atoms with van der Waals surface area (Å²) in [5.41, 5.74) is 2.26. The standard InChI is InChI=1S/C20H17FN4O2S.C2H6/c1-12-6-7-16-17(10-12)28-25-18(24-16)19(26)23-11-14(20-22-8-9-27-20)13-4-2-3-5-15(13)21;1-2/h2-10,14H,11H2,1H3,(H,23,26)(H,24,25);1-2H3. The first-order valence-electron chi connectivity index (χ1n) is 9.66. The molecule has 1 atom stereocenters. The fourth-order valence-electron chi connectivity index (χ4n) is 2.91. The number of hydrogen-bond acceptors (Lipinski definition) is 6. The topological polar surface area (TPSA) is 79.5 Å². The monoisotopic (exact) mass is 426 g/mol. The number of aliphatic imine (C=N–C) groups is 1. The van der Waals surface area contributed by atoms with Crippen LogP contribution in [0.2, 0.25) is 0 Å². The average molecular weight is 427 g/mol. The van der Waals surface area contributed by atoms with E-state index in [1.165, 1.54) is 30.5 Å². The molecule has 3 aromatic rings. The van der Waals surface area contributed by atoms with E-state index < -0.39 is 5.92 Å². The molecule has 0 fully saturated rings. The first kappa shape index (κ1) is 21.6. The van der Waals surface area contributed by atoms with Crippen molar-refractivity contribution in [1.82, 2.24) is 15.0 Å². The van der Waals surface area contributed by atoms with Crippen LogP contribution in [0.4, 0.5) is 10.1 Å². The number of oxazole rings is 1. The van der Waals surface area contributed by atoms with Crippen LogP contribution in [0.25, 0.3) is 0 Å². The Labute approximate surface area is 179 Å². The molecule has 4 rings (SSSR count). The summed E-state index contributed by atoms with van der Waals surface area (Å²) in [7, 11) is 0. The second kappa shape index (κ2) is 10.1. The minimum atomic E-state index is -0.549. The van der Waals surface area contributed by atoms with Gasteiger partial charge in [-0.05, 0) is 42.6 Å². The van der Waals surface area contributed by atoms with Gasteiger partial charge in [0.2, 0.25) is 11.7 Å². The van der Waals surface area contributed by atoms with Gasteiger partial charge in [-0.1, -0.05) is 38.1 Å². The van der Waals surface area contributed by atoms with Crippen molar-refractivity contribution in [2.45, 2.75) is 31.6 Å². The number of nitrogens with zero attached hydrogens (tertiary/aromatic N) is 2. The van der Waals surface area contributed by atoms with E-state index in [2.05, 4.69) is 20.0 Å². The first-order chi connectivity index (χ1) is 14.6. The maximum atomic E-state index is 14.3. The summed E-state index contributed by atoms with van der Waals surface area (Å²) in [5.74, 6) is -0.785. The largest absolute Gasteiger partial charge is 0.448 e. The van der Waals surface area contributed by atoms with Crippen molar-refractivity contribution in [3.63, 3.8) is 0 Å². The molecule has 1 amide bonds. The highest BCUT2D eigenvalue weighted by atomic mass is 32.2. The van der Waals surface area contributed by atoms with Gasteiger partial charge in [-0.3, -0.25) is 4.79 Å². The van der Waals surface area contributed by atoms with Gasteiger partial charge in [0, 0.05) is 12.1 Å². The number of rotatable bonds is 5. The molecule has 0 aliphatic carbocycles. The molecule has 8 heteroatoms. The number of amides is 1. The Balaban J connectivity index is 0.00000124. The Kier molecular flexibility index (Phi) is 7.24. The number of carbonyl (C=O) groups excluding carboxylic acids is 1. The Morgan fingerprint density at radius 3 is 2.80 bits per heavy atom. The molecule has 156 valence electrons. The summed E-state index contributed by atoms with van der Waals surface area (Å²) in [6, 6.07) is 12.2. The third-order valence-electron chi connectivity index (χ3n) is 4.32. The zero-order valence-electron chi connectivity index (χ0n) is 17.0. The van der Waals surface area contributed by atoms with Crippen LogP contribution in [0.5, 0.6) is 0 Å². The fraction of sp³-hybridized carbons (Fsp3) is 0.227.